The maximum atomic E-state index is 12.2. The second-order valence-electron chi connectivity index (χ2n) is 5.76. The summed E-state index contributed by atoms with van der Waals surface area (Å²) in [6.45, 7) is 0.791. The summed E-state index contributed by atoms with van der Waals surface area (Å²) < 4.78 is 10.6. The summed E-state index contributed by atoms with van der Waals surface area (Å²) >= 11 is 0. The van der Waals surface area contributed by atoms with Gasteiger partial charge in [0.1, 0.15) is 0 Å². The van der Waals surface area contributed by atoms with E-state index in [9.17, 15) is 4.79 Å². The third kappa shape index (κ3) is 2.52. The van der Waals surface area contributed by atoms with Crippen LogP contribution in [0.1, 0.15) is 23.5 Å². The van der Waals surface area contributed by atoms with Crippen LogP contribution in [0.15, 0.2) is 48.5 Å². The molecule has 2 aromatic rings. The van der Waals surface area contributed by atoms with Gasteiger partial charge in [-0.15, -0.1) is 0 Å². The Morgan fingerprint density at radius 1 is 1.09 bits per heavy atom. The fourth-order valence-electron chi connectivity index (χ4n) is 2.92. The molecule has 4 heteroatoms. The lowest BCUT2D eigenvalue weighted by molar-refractivity contribution is -0.122. The molecule has 0 spiro atoms. The lowest BCUT2D eigenvalue weighted by Gasteiger charge is -2.06. The predicted molar refractivity (Wildman–Crippen MR) is 81.7 cm³/mol. The highest BCUT2D eigenvalue weighted by atomic mass is 16.7. The lowest BCUT2D eigenvalue weighted by Crippen LogP contribution is -2.24. The van der Waals surface area contributed by atoms with E-state index in [0.29, 0.717) is 12.5 Å². The summed E-state index contributed by atoms with van der Waals surface area (Å²) in [6, 6.07) is 16.0. The van der Waals surface area contributed by atoms with Crippen LogP contribution in [0.25, 0.3) is 0 Å². The molecule has 2 aliphatic rings. The molecule has 1 heterocycles. The molecule has 2 aromatic carbocycles. The molecule has 0 bridgehead atoms. The molecule has 4 rings (SSSR count). The zero-order valence-corrected chi connectivity index (χ0v) is 12.1. The van der Waals surface area contributed by atoms with Gasteiger partial charge < -0.3 is 14.8 Å². The van der Waals surface area contributed by atoms with Gasteiger partial charge in [-0.25, -0.2) is 0 Å². The minimum absolute atomic E-state index is 0.108. The number of carbonyl (C=O) groups is 1. The number of benzene rings is 2. The highest BCUT2D eigenvalue weighted by molar-refractivity contribution is 5.82. The highest BCUT2D eigenvalue weighted by Crippen LogP contribution is 2.47. The topological polar surface area (TPSA) is 47.6 Å². The first-order chi connectivity index (χ1) is 10.8. The van der Waals surface area contributed by atoms with Gasteiger partial charge in [0.15, 0.2) is 11.5 Å². The molecular weight excluding hydrogens is 278 g/mol. The van der Waals surface area contributed by atoms with Crippen LogP contribution >= 0.6 is 0 Å². The van der Waals surface area contributed by atoms with Crippen molar-refractivity contribution >= 4 is 5.91 Å². The van der Waals surface area contributed by atoms with Gasteiger partial charge >= 0.3 is 0 Å². The summed E-state index contributed by atoms with van der Waals surface area (Å²) in [4.78, 5) is 12.2. The highest BCUT2D eigenvalue weighted by Gasteiger charge is 2.43. The van der Waals surface area contributed by atoms with Gasteiger partial charge in [-0.05, 0) is 35.6 Å². The molecule has 1 saturated carbocycles. The predicted octanol–water partition coefficient (Wildman–Crippen LogP) is 2.84. The van der Waals surface area contributed by atoms with Crippen LogP contribution < -0.4 is 14.8 Å². The molecule has 1 fully saturated rings. The van der Waals surface area contributed by atoms with E-state index in [1.807, 2.05) is 36.4 Å². The van der Waals surface area contributed by atoms with Gasteiger partial charge in [0.05, 0.1) is 0 Å². The van der Waals surface area contributed by atoms with Crippen molar-refractivity contribution in [3.63, 3.8) is 0 Å². The van der Waals surface area contributed by atoms with Gasteiger partial charge in [-0.1, -0.05) is 36.4 Å². The molecule has 1 aliphatic carbocycles. The minimum atomic E-state index is 0.108. The SMILES string of the molecule is O=C(NCc1ccc2c(c1)OCO2)[C@H]1C[C@H]1c1ccccc1. The maximum absolute atomic E-state index is 12.2. The van der Waals surface area contributed by atoms with Gasteiger partial charge in [0.2, 0.25) is 12.7 Å². The Labute approximate surface area is 129 Å². The maximum Gasteiger partial charge on any atom is 0.231 e. The summed E-state index contributed by atoms with van der Waals surface area (Å²) in [5.74, 6) is 2.13. The quantitative estimate of drug-likeness (QED) is 0.943. The number of amides is 1. The Kier molecular flexibility index (Phi) is 3.22. The molecule has 2 atom stereocenters. The summed E-state index contributed by atoms with van der Waals surface area (Å²) in [5.41, 5.74) is 2.28. The normalized spacial score (nSPS) is 21.5. The third-order valence-electron chi connectivity index (χ3n) is 4.26. The van der Waals surface area contributed by atoms with Crippen LogP contribution in [0, 0.1) is 5.92 Å². The molecular formula is C18H17NO3. The van der Waals surface area contributed by atoms with Gasteiger partial charge in [-0.2, -0.15) is 0 Å². The smallest absolute Gasteiger partial charge is 0.231 e. The Morgan fingerprint density at radius 3 is 2.77 bits per heavy atom. The number of hydrogen-bond donors (Lipinski definition) is 1. The zero-order chi connectivity index (χ0) is 14.9. The second-order valence-corrected chi connectivity index (χ2v) is 5.76. The van der Waals surface area contributed by atoms with Gasteiger partial charge in [-0.3, -0.25) is 4.79 Å². The number of hydrogen-bond acceptors (Lipinski definition) is 3. The van der Waals surface area contributed by atoms with E-state index in [2.05, 4.69) is 17.4 Å². The molecule has 4 nitrogen and oxygen atoms in total. The van der Waals surface area contributed by atoms with Crippen LogP contribution in [0.4, 0.5) is 0 Å². The Hall–Kier alpha value is -2.49. The van der Waals surface area contributed by atoms with Crippen LogP contribution in [0.3, 0.4) is 0 Å². The molecule has 1 amide bonds. The Bertz CT molecular complexity index is 699. The summed E-state index contributed by atoms with van der Waals surface area (Å²) in [7, 11) is 0. The Balaban J connectivity index is 1.34. The van der Waals surface area contributed by atoms with Crippen molar-refractivity contribution in [2.24, 2.45) is 5.92 Å². The Morgan fingerprint density at radius 2 is 1.91 bits per heavy atom. The summed E-state index contributed by atoms with van der Waals surface area (Å²) in [6.07, 6.45) is 0.941. The first kappa shape index (κ1) is 13.2. The lowest BCUT2D eigenvalue weighted by atomic mass is 10.1. The van der Waals surface area contributed by atoms with E-state index in [1.165, 1.54) is 5.56 Å². The van der Waals surface area contributed by atoms with Crippen molar-refractivity contribution in [3.05, 3.63) is 59.7 Å². The van der Waals surface area contributed by atoms with Crippen molar-refractivity contribution in [2.75, 3.05) is 6.79 Å². The van der Waals surface area contributed by atoms with Crippen LogP contribution in [0.5, 0.6) is 11.5 Å². The number of nitrogens with one attached hydrogen (secondary N) is 1. The molecule has 0 aromatic heterocycles. The van der Waals surface area contributed by atoms with Crippen molar-refractivity contribution in [1.29, 1.82) is 0 Å². The zero-order valence-electron chi connectivity index (χ0n) is 12.1. The minimum Gasteiger partial charge on any atom is -0.454 e. The molecule has 112 valence electrons. The van der Waals surface area contributed by atoms with E-state index in [4.69, 9.17) is 9.47 Å². The summed E-state index contributed by atoms with van der Waals surface area (Å²) in [5, 5.41) is 3.02. The first-order valence-electron chi connectivity index (χ1n) is 7.52. The van der Waals surface area contributed by atoms with Crippen LogP contribution in [-0.2, 0) is 11.3 Å². The van der Waals surface area contributed by atoms with Gasteiger partial charge in [0, 0.05) is 12.5 Å². The molecule has 0 unspecified atom stereocenters. The average molecular weight is 295 g/mol. The first-order valence-corrected chi connectivity index (χ1v) is 7.52. The van der Waals surface area contributed by atoms with Crippen molar-refractivity contribution in [2.45, 2.75) is 18.9 Å². The van der Waals surface area contributed by atoms with E-state index in [-0.39, 0.29) is 18.6 Å². The van der Waals surface area contributed by atoms with E-state index < -0.39 is 0 Å². The fourth-order valence-corrected chi connectivity index (χ4v) is 2.92. The second kappa shape index (κ2) is 5.37. The van der Waals surface area contributed by atoms with E-state index in [0.717, 1.165) is 23.5 Å². The molecule has 0 saturated heterocycles. The fraction of sp³-hybridized carbons (Fsp3) is 0.278. The molecule has 22 heavy (non-hydrogen) atoms. The number of ether oxygens (including phenoxy) is 2. The number of rotatable bonds is 4. The number of carbonyl (C=O) groups excluding carboxylic acids is 1. The number of fused-ring (bicyclic) bond motifs is 1. The standard InChI is InChI=1S/C18H17NO3/c20-18(15-9-14(15)13-4-2-1-3-5-13)19-10-12-6-7-16-17(8-12)22-11-21-16/h1-8,14-15H,9-11H2,(H,19,20)/t14-,15-/m0/s1. The third-order valence-corrected chi connectivity index (χ3v) is 4.26. The van der Waals surface area contributed by atoms with Gasteiger partial charge in [0.25, 0.3) is 0 Å². The van der Waals surface area contributed by atoms with Crippen LogP contribution in [-0.4, -0.2) is 12.7 Å². The molecule has 1 aliphatic heterocycles. The van der Waals surface area contributed by atoms with Crippen molar-refractivity contribution in [3.8, 4) is 11.5 Å². The largest absolute Gasteiger partial charge is 0.454 e. The van der Waals surface area contributed by atoms with E-state index in [1.54, 1.807) is 0 Å². The van der Waals surface area contributed by atoms with Crippen molar-refractivity contribution < 1.29 is 14.3 Å². The van der Waals surface area contributed by atoms with Crippen molar-refractivity contribution in [1.82, 2.24) is 5.32 Å². The molecule has 0 radical (unpaired) electrons. The average Bonchev–Trinajstić information content (AvgIpc) is 3.23. The monoisotopic (exact) mass is 295 g/mol. The van der Waals surface area contributed by atoms with Crippen LogP contribution in [0.2, 0.25) is 0 Å². The molecule has 1 N–H and O–H groups in total. The van der Waals surface area contributed by atoms with E-state index >= 15 is 0 Å².